The number of benzene rings is 1. The minimum Gasteiger partial charge on any atom is -0.382 e. The van der Waals surface area contributed by atoms with E-state index in [1.807, 2.05) is 41.1 Å². The van der Waals surface area contributed by atoms with Gasteiger partial charge in [0.05, 0.1) is 5.52 Å². The Morgan fingerprint density at radius 3 is 3.00 bits per heavy atom. The summed E-state index contributed by atoms with van der Waals surface area (Å²) in [5.74, 6) is 1.14. The van der Waals surface area contributed by atoms with Crippen LogP contribution in [0.3, 0.4) is 0 Å². The molecule has 8 heteroatoms. The Morgan fingerprint density at radius 1 is 1.29 bits per heavy atom. The molecular weight excluding hydrogens is 326 g/mol. The first-order chi connectivity index (χ1) is 11.7. The minimum absolute atomic E-state index is 0.168. The maximum absolute atomic E-state index is 12.4. The van der Waals surface area contributed by atoms with Crippen LogP contribution in [0.25, 0.3) is 22.3 Å². The lowest BCUT2D eigenvalue weighted by Gasteiger charge is -2.00. The lowest BCUT2D eigenvalue weighted by atomic mass is 10.2. The van der Waals surface area contributed by atoms with Gasteiger partial charge in [-0.2, -0.15) is 21.0 Å². The molecule has 0 saturated carbocycles. The van der Waals surface area contributed by atoms with E-state index in [1.54, 1.807) is 11.3 Å². The molecule has 4 aromatic rings. The van der Waals surface area contributed by atoms with Gasteiger partial charge in [0.2, 0.25) is 17.6 Å². The van der Waals surface area contributed by atoms with Crippen LogP contribution in [0.1, 0.15) is 17.1 Å². The number of nitrogen functional groups attached to an aromatic ring is 1. The fraction of sp³-hybridized carbons (Fsp3) is 0.125. The van der Waals surface area contributed by atoms with E-state index in [-0.39, 0.29) is 12.3 Å². The molecule has 2 N–H and O–H groups in total. The zero-order chi connectivity index (χ0) is 16.5. The summed E-state index contributed by atoms with van der Waals surface area (Å²) in [7, 11) is 0. The van der Waals surface area contributed by atoms with Crippen LogP contribution in [0.4, 0.5) is 5.82 Å². The Kier molecular flexibility index (Phi) is 3.58. The van der Waals surface area contributed by atoms with E-state index in [0.29, 0.717) is 29.5 Å². The Balaban J connectivity index is 1.50. The lowest BCUT2D eigenvalue weighted by Crippen LogP contribution is -2.13. The summed E-state index contributed by atoms with van der Waals surface area (Å²) in [5, 5.41) is 12.7. The molecule has 0 aliphatic rings. The van der Waals surface area contributed by atoms with Crippen molar-refractivity contribution in [3.05, 3.63) is 47.0 Å². The largest absolute Gasteiger partial charge is 0.382 e. The molecule has 0 bridgehead atoms. The quantitative estimate of drug-likeness (QED) is 0.613. The zero-order valence-corrected chi connectivity index (χ0v) is 13.4. The first kappa shape index (κ1) is 14.6. The Bertz CT molecular complexity index is 1000. The van der Waals surface area contributed by atoms with Crippen molar-refractivity contribution >= 4 is 34.0 Å². The number of nitrogens with zero attached hydrogens (tertiary/aromatic N) is 4. The van der Waals surface area contributed by atoms with Gasteiger partial charge in [0, 0.05) is 29.2 Å². The molecule has 0 aliphatic heterocycles. The van der Waals surface area contributed by atoms with Crippen LogP contribution in [0.2, 0.25) is 0 Å². The summed E-state index contributed by atoms with van der Waals surface area (Å²) >= 11 is 1.56. The zero-order valence-electron chi connectivity index (χ0n) is 12.5. The highest BCUT2D eigenvalue weighted by Gasteiger charge is 2.16. The van der Waals surface area contributed by atoms with Crippen LogP contribution in [-0.4, -0.2) is 25.8 Å². The van der Waals surface area contributed by atoms with Gasteiger partial charge in [0.15, 0.2) is 5.82 Å². The van der Waals surface area contributed by atoms with Crippen LogP contribution in [0, 0.1) is 0 Å². The van der Waals surface area contributed by atoms with E-state index in [4.69, 9.17) is 10.3 Å². The third kappa shape index (κ3) is 2.56. The molecule has 7 nitrogen and oxygen atoms in total. The topological polar surface area (TPSA) is 99.8 Å². The molecule has 3 heterocycles. The number of carbonyl (C=O) groups excluding carboxylic acids is 1. The Morgan fingerprint density at radius 2 is 2.17 bits per heavy atom. The smallest absolute Gasteiger partial charge is 0.248 e. The van der Waals surface area contributed by atoms with Gasteiger partial charge in [-0.1, -0.05) is 17.3 Å². The van der Waals surface area contributed by atoms with Crippen molar-refractivity contribution in [1.29, 1.82) is 0 Å². The number of nitrogens with two attached hydrogens (primary N) is 1. The highest BCUT2D eigenvalue weighted by atomic mass is 32.1. The first-order valence-corrected chi connectivity index (χ1v) is 8.28. The number of aryl methyl sites for hydroxylation is 1. The molecule has 120 valence electrons. The summed E-state index contributed by atoms with van der Waals surface area (Å²) < 4.78 is 6.54. The van der Waals surface area contributed by atoms with Gasteiger partial charge in [0.1, 0.15) is 0 Å². The molecule has 3 aromatic heterocycles. The van der Waals surface area contributed by atoms with Gasteiger partial charge in [-0.25, -0.2) is 0 Å². The van der Waals surface area contributed by atoms with Gasteiger partial charge in [0.25, 0.3) is 0 Å². The van der Waals surface area contributed by atoms with Gasteiger partial charge in [-0.15, -0.1) is 5.10 Å². The number of para-hydroxylation sites is 1. The number of hydrogen-bond donors (Lipinski definition) is 1. The van der Waals surface area contributed by atoms with Crippen LogP contribution in [0.5, 0.6) is 0 Å². The Labute approximate surface area is 140 Å². The van der Waals surface area contributed by atoms with Crippen molar-refractivity contribution in [2.45, 2.75) is 12.8 Å². The third-order valence-corrected chi connectivity index (χ3v) is 4.34. The first-order valence-electron chi connectivity index (χ1n) is 7.34. The average Bonchev–Trinajstić information content (AvgIpc) is 3.33. The van der Waals surface area contributed by atoms with E-state index < -0.39 is 0 Å². The number of thiophene rings is 1. The van der Waals surface area contributed by atoms with Gasteiger partial charge < -0.3 is 10.3 Å². The SMILES string of the molecule is Nc1nn(C(=O)CCc2nc(-c3ccsc3)no2)c2ccccc12. The number of hydrogen-bond acceptors (Lipinski definition) is 7. The maximum atomic E-state index is 12.4. The predicted octanol–water partition coefficient (Wildman–Crippen LogP) is 3.00. The van der Waals surface area contributed by atoms with Crippen LogP contribution in [-0.2, 0) is 6.42 Å². The molecule has 0 atom stereocenters. The molecule has 0 fully saturated rings. The molecule has 0 aliphatic carbocycles. The molecule has 0 saturated heterocycles. The monoisotopic (exact) mass is 339 g/mol. The standard InChI is InChI=1S/C16H13N5O2S/c17-15-11-3-1-2-4-12(11)21(19-15)14(22)6-5-13-18-16(20-23-13)10-7-8-24-9-10/h1-4,7-9H,5-6H2,(H2,17,19). The van der Waals surface area contributed by atoms with Crippen molar-refractivity contribution in [2.24, 2.45) is 0 Å². The number of fused-ring (bicyclic) bond motifs is 1. The number of aromatic nitrogens is 4. The molecule has 0 radical (unpaired) electrons. The normalized spacial score (nSPS) is 11.2. The molecule has 0 amide bonds. The minimum atomic E-state index is -0.168. The maximum Gasteiger partial charge on any atom is 0.248 e. The van der Waals surface area contributed by atoms with Gasteiger partial charge in [-0.3, -0.25) is 4.79 Å². The molecule has 0 spiro atoms. The third-order valence-electron chi connectivity index (χ3n) is 3.65. The molecule has 0 unspecified atom stereocenters. The van der Waals surface area contributed by atoms with Gasteiger partial charge in [-0.05, 0) is 23.6 Å². The van der Waals surface area contributed by atoms with E-state index in [1.165, 1.54) is 4.68 Å². The highest BCUT2D eigenvalue weighted by Crippen LogP contribution is 2.21. The number of rotatable bonds is 4. The predicted molar refractivity (Wildman–Crippen MR) is 90.7 cm³/mol. The van der Waals surface area contributed by atoms with E-state index in [0.717, 1.165) is 10.9 Å². The molecule has 1 aromatic carbocycles. The van der Waals surface area contributed by atoms with Gasteiger partial charge >= 0.3 is 0 Å². The van der Waals surface area contributed by atoms with Crippen LogP contribution in [0.15, 0.2) is 45.6 Å². The molecule has 4 rings (SSSR count). The highest BCUT2D eigenvalue weighted by molar-refractivity contribution is 7.08. The lowest BCUT2D eigenvalue weighted by molar-refractivity contribution is 0.0890. The van der Waals surface area contributed by atoms with E-state index in [9.17, 15) is 4.79 Å². The Hall–Kier alpha value is -3.00. The van der Waals surface area contributed by atoms with Crippen LogP contribution < -0.4 is 5.73 Å². The second kappa shape index (κ2) is 5.89. The second-order valence-electron chi connectivity index (χ2n) is 5.23. The van der Waals surface area contributed by atoms with E-state index in [2.05, 4.69) is 15.2 Å². The van der Waals surface area contributed by atoms with Crippen molar-refractivity contribution in [3.63, 3.8) is 0 Å². The van der Waals surface area contributed by atoms with E-state index >= 15 is 0 Å². The van der Waals surface area contributed by atoms with Crippen molar-refractivity contribution in [2.75, 3.05) is 5.73 Å². The summed E-state index contributed by atoms with van der Waals surface area (Å²) in [6.45, 7) is 0. The summed E-state index contributed by atoms with van der Waals surface area (Å²) in [4.78, 5) is 16.7. The average molecular weight is 339 g/mol. The van der Waals surface area contributed by atoms with Crippen LogP contribution >= 0.6 is 11.3 Å². The summed E-state index contributed by atoms with van der Waals surface area (Å²) in [6, 6.07) is 9.28. The number of carbonyl (C=O) groups is 1. The fourth-order valence-corrected chi connectivity index (χ4v) is 3.10. The molecular formula is C16H13N5O2S. The number of anilines is 1. The van der Waals surface area contributed by atoms with Crippen molar-refractivity contribution < 1.29 is 9.32 Å². The summed E-state index contributed by atoms with van der Waals surface area (Å²) in [6.07, 6.45) is 0.556. The second-order valence-corrected chi connectivity index (χ2v) is 6.01. The molecule has 24 heavy (non-hydrogen) atoms. The van der Waals surface area contributed by atoms with Crippen molar-refractivity contribution in [1.82, 2.24) is 19.9 Å². The van der Waals surface area contributed by atoms with Crippen molar-refractivity contribution in [3.8, 4) is 11.4 Å². The summed E-state index contributed by atoms with van der Waals surface area (Å²) in [5.41, 5.74) is 7.46. The fourth-order valence-electron chi connectivity index (χ4n) is 2.47.